The Morgan fingerprint density at radius 3 is 2.79 bits per heavy atom. The number of hydrogen-bond acceptors (Lipinski definition) is 0. The zero-order valence-corrected chi connectivity index (χ0v) is 13.2. The van der Waals surface area contributed by atoms with Crippen LogP contribution >= 0.6 is 0 Å². The standard InChI is InChI=1S/C19H30/c1-13(2)15-7-10-18-16(12-15)8-9-17-14(3)6-5-11-19(17,18)4/h8,12-14,17-18H,5-7,9-11H2,1-4H3/t14-,17?,18-,19-/m0/s1. The Morgan fingerprint density at radius 1 is 1.26 bits per heavy atom. The van der Waals surface area contributed by atoms with Gasteiger partial charge >= 0.3 is 0 Å². The molecule has 0 bridgehead atoms. The summed E-state index contributed by atoms with van der Waals surface area (Å²) in [4.78, 5) is 0. The molecule has 0 N–H and O–H groups in total. The molecule has 0 aromatic carbocycles. The van der Waals surface area contributed by atoms with Crippen molar-refractivity contribution in [2.24, 2.45) is 29.1 Å². The molecular weight excluding hydrogens is 228 g/mol. The molecule has 19 heavy (non-hydrogen) atoms. The average Bonchev–Trinajstić information content (AvgIpc) is 2.38. The highest BCUT2D eigenvalue weighted by Gasteiger charge is 2.48. The molecule has 1 saturated carbocycles. The van der Waals surface area contributed by atoms with Crippen LogP contribution in [-0.4, -0.2) is 0 Å². The van der Waals surface area contributed by atoms with Crippen molar-refractivity contribution in [3.8, 4) is 0 Å². The molecule has 4 atom stereocenters. The summed E-state index contributed by atoms with van der Waals surface area (Å²) in [5, 5.41) is 0. The third-order valence-electron chi connectivity index (χ3n) is 6.53. The maximum Gasteiger partial charge on any atom is -0.0105 e. The second-order valence-corrected chi connectivity index (χ2v) is 7.89. The highest BCUT2D eigenvalue weighted by Crippen LogP contribution is 2.58. The van der Waals surface area contributed by atoms with E-state index < -0.39 is 0 Å². The van der Waals surface area contributed by atoms with E-state index in [1.807, 2.05) is 0 Å². The van der Waals surface area contributed by atoms with Crippen LogP contribution in [0.1, 0.15) is 66.2 Å². The van der Waals surface area contributed by atoms with Crippen molar-refractivity contribution < 1.29 is 0 Å². The van der Waals surface area contributed by atoms with E-state index in [2.05, 4.69) is 39.8 Å². The van der Waals surface area contributed by atoms with Gasteiger partial charge in [-0.3, -0.25) is 0 Å². The minimum absolute atomic E-state index is 0.598. The summed E-state index contributed by atoms with van der Waals surface area (Å²) in [6.45, 7) is 9.81. The van der Waals surface area contributed by atoms with Crippen LogP contribution in [0.3, 0.4) is 0 Å². The monoisotopic (exact) mass is 258 g/mol. The first kappa shape index (κ1) is 13.5. The largest absolute Gasteiger partial charge is 0.0807 e. The van der Waals surface area contributed by atoms with Crippen molar-refractivity contribution in [3.63, 3.8) is 0 Å². The van der Waals surface area contributed by atoms with Gasteiger partial charge in [0, 0.05) is 0 Å². The number of rotatable bonds is 1. The second-order valence-electron chi connectivity index (χ2n) is 7.89. The molecule has 0 heteroatoms. The lowest BCUT2D eigenvalue weighted by Gasteiger charge is -2.54. The Labute approximate surface area is 119 Å². The fourth-order valence-corrected chi connectivity index (χ4v) is 5.27. The minimum atomic E-state index is 0.598. The van der Waals surface area contributed by atoms with Gasteiger partial charge in [-0.2, -0.15) is 0 Å². The van der Waals surface area contributed by atoms with Gasteiger partial charge in [0.15, 0.2) is 0 Å². The van der Waals surface area contributed by atoms with Crippen LogP contribution in [0.4, 0.5) is 0 Å². The molecule has 0 aromatic rings. The van der Waals surface area contributed by atoms with Crippen molar-refractivity contribution in [2.45, 2.75) is 66.2 Å². The molecule has 3 aliphatic rings. The summed E-state index contributed by atoms with van der Waals surface area (Å²) in [6.07, 6.45) is 13.6. The fraction of sp³-hybridized carbons (Fsp3) is 0.789. The molecule has 0 heterocycles. The van der Waals surface area contributed by atoms with Crippen LogP contribution in [0.15, 0.2) is 23.3 Å². The van der Waals surface area contributed by atoms with E-state index in [9.17, 15) is 0 Å². The van der Waals surface area contributed by atoms with Crippen LogP contribution in [0.2, 0.25) is 0 Å². The zero-order valence-electron chi connectivity index (χ0n) is 13.2. The Hall–Kier alpha value is -0.520. The molecule has 0 radical (unpaired) electrons. The van der Waals surface area contributed by atoms with E-state index in [1.54, 1.807) is 11.1 Å². The predicted octanol–water partition coefficient (Wildman–Crippen LogP) is 5.75. The van der Waals surface area contributed by atoms with Crippen LogP contribution in [0.25, 0.3) is 0 Å². The van der Waals surface area contributed by atoms with Crippen LogP contribution in [0, 0.1) is 29.1 Å². The zero-order chi connectivity index (χ0) is 13.6. The first-order chi connectivity index (χ1) is 9.02. The van der Waals surface area contributed by atoms with Crippen molar-refractivity contribution in [1.29, 1.82) is 0 Å². The maximum absolute atomic E-state index is 2.61. The number of hydrogen-bond donors (Lipinski definition) is 0. The summed E-state index contributed by atoms with van der Waals surface area (Å²) < 4.78 is 0. The highest BCUT2D eigenvalue weighted by atomic mass is 14.5. The summed E-state index contributed by atoms with van der Waals surface area (Å²) >= 11 is 0. The molecule has 0 spiro atoms. The lowest BCUT2D eigenvalue weighted by molar-refractivity contribution is 0.0109. The van der Waals surface area contributed by atoms with Gasteiger partial charge in [-0.1, -0.05) is 58.3 Å². The lowest BCUT2D eigenvalue weighted by Crippen LogP contribution is -2.45. The van der Waals surface area contributed by atoms with Gasteiger partial charge < -0.3 is 0 Å². The van der Waals surface area contributed by atoms with Gasteiger partial charge in [-0.25, -0.2) is 0 Å². The van der Waals surface area contributed by atoms with E-state index in [0.29, 0.717) is 5.41 Å². The molecule has 3 aliphatic carbocycles. The van der Waals surface area contributed by atoms with Crippen LogP contribution in [-0.2, 0) is 0 Å². The summed E-state index contributed by atoms with van der Waals surface area (Å²) in [7, 11) is 0. The van der Waals surface area contributed by atoms with Crippen molar-refractivity contribution >= 4 is 0 Å². The number of allylic oxidation sites excluding steroid dienone is 4. The predicted molar refractivity (Wildman–Crippen MR) is 83.0 cm³/mol. The summed E-state index contributed by atoms with van der Waals surface area (Å²) in [5.41, 5.74) is 3.98. The SMILES string of the molecule is CC(C)C1=CC2=CCC3[C@@H](C)CCC[C@]3(C)[C@H]2CC1. The molecule has 0 aliphatic heterocycles. The van der Waals surface area contributed by atoms with E-state index in [1.165, 1.54) is 38.5 Å². The topological polar surface area (TPSA) is 0 Å². The Kier molecular flexibility index (Phi) is 3.39. The molecule has 0 saturated heterocycles. The van der Waals surface area contributed by atoms with Gasteiger partial charge in [0.1, 0.15) is 0 Å². The third-order valence-corrected chi connectivity index (χ3v) is 6.53. The van der Waals surface area contributed by atoms with Gasteiger partial charge in [0.05, 0.1) is 0 Å². The molecule has 0 amide bonds. The first-order valence-corrected chi connectivity index (χ1v) is 8.43. The molecule has 3 rings (SSSR count). The second kappa shape index (κ2) is 4.79. The Balaban J connectivity index is 1.94. The number of fused-ring (bicyclic) bond motifs is 3. The van der Waals surface area contributed by atoms with Crippen LogP contribution < -0.4 is 0 Å². The minimum Gasteiger partial charge on any atom is -0.0807 e. The quantitative estimate of drug-likeness (QED) is 0.561. The van der Waals surface area contributed by atoms with E-state index in [0.717, 1.165) is 23.7 Å². The summed E-state index contributed by atoms with van der Waals surface area (Å²) in [5.74, 6) is 3.48. The van der Waals surface area contributed by atoms with Crippen molar-refractivity contribution in [1.82, 2.24) is 0 Å². The molecule has 1 fully saturated rings. The highest BCUT2D eigenvalue weighted by molar-refractivity contribution is 5.34. The fourth-order valence-electron chi connectivity index (χ4n) is 5.27. The Bertz CT molecular complexity index is 412. The van der Waals surface area contributed by atoms with E-state index in [-0.39, 0.29) is 0 Å². The summed E-state index contributed by atoms with van der Waals surface area (Å²) in [6, 6.07) is 0. The van der Waals surface area contributed by atoms with Crippen LogP contribution in [0.5, 0.6) is 0 Å². The van der Waals surface area contributed by atoms with Gasteiger partial charge in [-0.15, -0.1) is 0 Å². The average molecular weight is 258 g/mol. The van der Waals surface area contributed by atoms with Crippen molar-refractivity contribution in [2.75, 3.05) is 0 Å². The first-order valence-electron chi connectivity index (χ1n) is 8.43. The van der Waals surface area contributed by atoms with E-state index in [4.69, 9.17) is 0 Å². The molecular formula is C19H30. The Morgan fingerprint density at radius 2 is 2.05 bits per heavy atom. The maximum atomic E-state index is 2.61. The van der Waals surface area contributed by atoms with Gasteiger partial charge in [0.25, 0.3) is 0 Å². The molecule has 0 aromatic heterocycles. The van der Waals surface area contributed by atoms with Gasteiger partial charge in [0.2, 0.25) is 0 Å². The molecule has 1 unspecified atom stereocenters. The normalized spacial score (nSPS) is 42.3. The van der Waals surface area contributed by atoms with E-state index >= 15 is 0 Å². The molecule has 0 nitrogen and oxygen atoms in total. The third kappa shape index (κ3) is 2.12. The smallest absolute Gasteiger partial charge is 0.0105 e. The lowest BCUT2D eigenvalue weighted by atomic mass is 9.51. The van der Waals surface area contributed by atoms with Gasteiger partial charge in [-0.05, 0) is 60.3 Å². The van der Waals surface area contributed by atoms with Crippen molar-refractivity contribution in [3.05, 3.63) is 23.3 Å². The molecule has 106 valence electrons.